The van der Waals surface area contributed by atoms with Crippen LogP contribution in [0.3, 0.4) is 0 Å². The van der Waals surface area contributed by atoms with E-state index in [1.165, 1.54) is 32.1 Å². The minimum absolute atomic E-state index is 0.450. The van der Waals surface area contributed by atoms with Crippen molar-refractivity contribution < 1.29 is 0 Å². The van der Waals surface area contributed by atoms with Crippen molar-refractivity contribution >= 4 is 0 Å². The van der Waals surface area contributed by atoms with Crippen molar-refractivity contribution in [2.45, 2.75) is 44.6 Å². The average Bonchev–Trinajstić information content (AvgIpc) is 2.56. The third kappa shape index (κ3) is 2.95. The third-order valence-electron chi connectivity index (χ3n) is 2.78. The van der Waals surface area contributed by atoms with Crippen LogP contribution in [0.2, 0.25) is 0 Å². The van der Waals surface area contributed by atoms with Gasteiger partial charge in [0.1, 0.15) is 0 Å². The van der Waals surface area contributed by atoms with E-state index in [4.69, 9.17) is 5.84 Å². The second-order valence-electron chi connectivity index (χ2n) is 3.77. The van der Waals surface area contributed by atoms with Crippen molar-refractivity contribution in [3.8, 4) is 0 Å². The normalized spacial score (nSPS) is 21.1. The van der Waals surface area contributed by atoms with E-state index >= 15 is 0 Å². The number of hydrogen-bond acceptors (Lipinski definition) is 2. The first-order chi connectivity index (χ1) is 5.86. The lowest BCUT2D eigenvalue weighted by atomic mass is 9.97. The SMILES string of the molecule is C=CCC(CC1CCCC1)NN. The lowest BCUT2D eigenvalue weighted by Gasteiger charge is -2.17. The Morgan fingerprint density at radius 3 is 2.67 bits per heavy atom. The number of nitrogens with one attached hydrogen (secondary N) is 1. The summed E-state index contributed by atoms with van der Waals surface area (Å²) < 4.78 is 0. The van der Waals surface area contributed by atoms with Crippen LogP contribution in [0.25, 0.3) is 0 Å². The van der Waals surface area contributed by atoms with Crippen LogP contribution < -0.4 is 11.3 Å². The third-order valence-corrected chi connectivity index (χ3v) is 2.78. The molecule has 0 aromatic carbocycles. The summed E-state index contributed by atoms with van der Waals surface area (Å²) >= 11 is 0. The zero-order chi connectivity index (χ0) is 8.81. The Balaban J connectivity index is 2.20. The number of hydrazine groups is 1. The summed E-state index contributed by atoms with van der Waals surface area (Å²) in [5, 5.41) is 0. The van der Waals surface area contributed by atoms with Crippen molar-refractivity contribution in [3.63, 3.8) is 0 Å². The lowest BCUT2D eigenvalue weighted by Crippen LogP contribution is -2.35. The van der Waals surface area contributed by atoms with E-state index in [0.29, 0.717) is 6.04 Å². The highest BCUT2D eigenvalue weighted by Gasteiger charge is 2.18. The Bertz CT molecular complexity index is 128. The van der Waals surface area contributed by atoms with Gasteiger partial charge in [-0.2, -0.15) is 0 Å². The molecule has 0 saturated heterocycles. The fraction of sp³-hybridized carbons (Fsp3) is 0.800. The molecule has 1 atom stereocenters. The molecule has 1 saturated carbocycles. The molecule has 70 valence electrons. The van der Waals surface area contributed by atoms with Crippen LogP contribution in [0.1, 0.15) is 38.5 Å². The Hall–Kier alpha value is -0.340. The largest absolute Gasteiger partial charge is 0.271 e. The number of rotatable bonds is 5. The topological polar surface area (TPSA) is 38.0 Å². The Labute approximate surface area is 75.2 Å². The molecule has 1 aliphatic rings. The second kappa shape index (κ2) is 5.33. The minimum Gasteiger partial charge on any atom is -0.271 e. The van der Waals surface area contributed by atoms with E-state index in [1.807, 2.05) is 6.08 Å². The van der Waals surface area contributed by atoms with Crippen LogP contribution in [0.4, 0.5) is 0 Å². The second-order valence-corrected chi connectivity index (χ2v) is 3.77. The molecule has 0 spiro atoms. The summed E-state index contributed by atoms with van der Waals surface area (Å²) in [6, 6.07) is 0.450. The fourth-order valence-corrected chi connectivity index (χ4v) is 2.08. The van der Waals surface area contributed by atoms with Gasteiger partial charge in [-0.3, -0.25) is 11.3 Å². The average molecular weight is 168 g/mol. The van der Waals surface area contributed by atoms with E-state index in [-0.39, 0.29) is 0 Å². The predicted molar refractivity (Wildman–Crippen MR) is 52.5 cm³/mol. The molecule has 0 bridgehead atoms. The Kier molecular flexibility index (Phi) is 4.33. The van der Waals surface area contributed by atoms with Crippen molar-refractivity contribution in [1.29, 1.82) is 0 Å². The smallest absolute Gasteiger partial charge is 0.0247 e. The van der Waals surface area contributed by atoms with Gasteiger partial charge >= 0.3 is 0 Å². The van der Waals surface area contributed by atoms with E-state index in [1.54, 1.807) is 0 Å². The summed E-state index contributed by atoms with van der Waals surface area (Å²) in [5.74, 6) is 6.35. The van der Waals surface area contributed by atoms with Gasteiger partial charge < -0.3 is 0 Å². The summed E-state index contributed by atoms with van der Waals surface area (Å²) in [4.78, 5) is 0. The highest BCUT2D eigenvalue weighted by molar-refractivity contribution is 4.80. The molecule has 0 aliphatic heterocycles. The molecule has 2 nitrogen and oxygen atoms in total. The molecule has 1 aliphatic carbocycles. The molecule has 3 N–H and O–H groups in total. The van der Waals surface area contributed by atoms with Crippen molar-refractivity contribution in [1.82, 2.24) is 5.43 Å². The summed E-state index contributed by atoms with van der Waals surface area (Å²) in [7, 11) is 0. The predicted octanol–water partition coefficient (Wildman–Crippen LogP) is 1.97. The van der Waals surface area contributed by atoms with Crippen molar-refractivity contribution in [2.24, 2.45) is 11.8 Å². The standard InChI is InChI=1S/C10H20N2/c1-2-5-10(12-11)8-9-6-3-4-7-9/h2,9-10,12H,1,3-8,11H2. The molecule has 12 heavy (non-hydrogen) atoms. The summed E-state index contributed by atoms with van der Waals surface area (Å²) in [5.41, 5.74) is 2.86. The first-order valence-electron chi connectivity index (χ1n) is 4.94. The molecule has 1 unspecified atom stereocenters. The quantitative estimate of drug-likeness (QED) is 0.374. The zero-order valence-electron chi connectivity index (χ0n) is 7.76. The van der Waals surface area contributed by atoms with E-state index < -0.39 is 0 Å². The molecule has 0 aromatic heterocycles. The van der Waals surface area contributed by atoms with E-state index in [0.717, 1.165) is 12.3 Å². The zero-order valence-corrected chi connectivity index (χ0v) is 7.76. The summed E-state index contributed by atoms with van der Waals surface area (Å²) in [6.45, 7) is 3.73. The maximum absolute atomic E-state index is 5.44. The van der Waals surface area contributed by atoms with Gasteiger partial charge in [0.2, 0.25) is 0 Å². The van der Waals surface area contributed by atoms with Crippen molar-refractivity contribution in [3.05, 3.63) is 12.7 Å². The lowest BCUT2D eigenvalue weighted by molar-refractivity contribution is 0.393. The van der Waals surface area contributed by atoms with Crippen LogP contribution >= 0.6 is 0 Å². The van der Waals surface area contributed by atoms with Crippen molar-refractivity contribution in [2.75, 3.05) is 0 Å². The Morgan fingerprint density at radius 1 is 1.50 bits per heavy atom. The Morgan fingerprint density at radius 2 is 2.17 bits per heavy atom. The van der Waals surface area contributed by atoms with Gasteiger partial charge in [0.15, 0.2) is 0 Å². The van der Waals surface area contributed by atoms with Gasteiger partial charge in [0, 0.05) is 6.04 Å². The van der Waals surface area contributed by atoms with Crippen LogP contribution in [0, 0.1) is 5.92 Å². The van der Waals surface area contributed by atoms with Gasteiger partial charge in [0.05, 0.1) is 0 Å². The molecule has 1 fully saturated rings. The van der Waals surface area contributed by atoms with Gasteiger partial charge in [-0.25, -0.2) is 0 Å². The van der Waals surface area contributed by atoms with E-state index in [2.05, 4.69) is 12.0 Å². The molecule has 0 aromatic rings. The molecule has 2 heteroatoms. The molecule has 0 heterocycles. The molecular formula is C10H20N2. The van der Waals surface area contributed by atoms with Crippen LogP contribution in [-0.4, -0.2) is 6.04 Å². The maximum atomic E-state index is 5.44. The van der Waals surface area contributed by atoms with Gasteiger partial charge in [-0.05, 0) is 18.8 Å². The van der Waals surface area contributed by atoms with Gasteiger partial charge in [-0.15, -0.1) is 6.58 Å². The van der Waals surface area contributed by atoms with Crippen LogP contribution in [0.5, 0.6) is 0 Å². The molecule has 0 radical (unpaired) electrons. The maximum Gasteiger partial charge on any atom is 0.0247 e. The summed E-state index contributed by atoms with van der Waals surface area (Å²) in [6.07, 6.45) is 9.78. The first-order valence-corrected chi connectivity index (χ1v) is 4.94. The number of hydrogen-bond donors (Lipinski definition) is 2. The van der Waals surface area contributed by atoms with Crippen LogP contribution in [0.15, 0.2) is 12.7 Å². The first kappa shape index (κ1) is 9.75. The highest BCUT2D eigenvalue weighted by atomic mass is 15.2. The highest BCUT2D eigenvalue weighted by Crippen LogP contribution is 2.28. The van der Waals surface area contributed by atoms with Gasteiger partial charge in [-0.1, -0.05) is 31.8 Å². The fourth-order valence-electron chi connectivity index (χ4n) is 2.08. The van der Waals surface area contributed by atoms with Gasteiger partial charge in [0.25, 0.3) is 0 Å². The molecular weight excluding hydrogens is 148 g/mol. The van der Waals surface area contributed by atoms with E-state index in [9.17, 15) is 0 Å². The van der Waals surface area contributed by atoms with Crippen LogP contribution in [-0.2, 0) is 0 Å². The monoisotopic (exact) mass is 168 g/mol. The minimum atomic E-state index is 0.450. The number of nitrogens with two attached hydrogens (primary N) is 1. The molecule has 0 amide bonds. The molecule has 1 rings (SSSR count).